The maximum atomic E-state index is 11.8. The SMILES string of the molecule is CCCCNC(=O)c1cc(O)c(=O)c(O)cc1C. The first-order chi connectivity index (χ1) is 8.47. The van der Waals surface area contributed by atoms with Crippen LogP contribution in [0.4, 0.5) is 0 Å². The molecular formula is C13H17NO4. The van der Waals surface area contributed by atoms with Crippen LogP contribution in [-0.2, 0) is 0 Å². The van der Waals surface area contributed by atoms with Crippen LogP contribution in [0.3, 0.4) is 0 Å². The Morgan fingerprint density at radius 2 is 1.89 bits per heavy atom. The molecule has 0 saturated heterocycles. The molecule has 0 saturated carbocycles. The third kappa shape index (κ3) is 3.23. The zero-order valence-electron chi connectivity index (χ0n) is 10.5. The molecule has 0 spiro atoms. The van der Waals surface area contributed by atoms with Crippen LogP contribution in [0, 0.1) is 6.92 Å². The molecule has 0 heterocycles. The Bertz CT molecular complexity index is 511. The fraction of sp³-hybridized carbons (Fsp3) is 0.385. The standard InChI is InChI=1S/C13H17NO4/c1-3-4-5-14-13(18)9-7-11(16)12(17)10(15)6-8(9)2/h6-7H,3-5H2,1-2H3,(H,14,18)(H2,15,16,17). The van der Waals surface area contributed by atoms with E-state index in [1.807, 2.05) is 6.92 Å². The highest BCUT2D eigenvalue weighted by Gasteiger charge is 2.12. The summed E-state index contributed by atoms with van der Waals surface area (Å²) in [5.41, 5.74) is -0.273. The number of aryl methyl sites for hydroxylation is 1. The van der Waals surface area contributed by atoms with Crippen LogP contribution in [0.25, 0.3) is 0 Å². The lowest BCUT2D eigenvalue weighted by atomic mass is 10.1. The lowest BCUT2D eigenvalue weighted by molar-refractivity contribution is 0.0952. The van der Waals surface area contributed by atoms with Crippen molar-refractivity contribution in [3.63, 3.8) is 0 Å². The maximum Gasteiger partial charge on any atom is 0.261 e. The Hall–Kier alpha value is -2.04. The lowest BCUT2D eigenvalue weighted by Gasteiger charge is -2.04. The Morgan fingerprint density at radius 3 is 2.50 bits per heavy atom. The molecule has 1 rings (SSSR count). The third-order valence-corrected chi connectivity index (χ3v) is 2.58. The summed E-state index contributed by atoms with van der Waals surface area (Å²) in [4.78, 5) is 23.2. The number of nitrogens with one attached hydrogen (secondary N) is 1. The van der Waals surface area contributed by atoms with Crippen LogP contribution in [0.2, 0.25) is 0 Å². The molecule has 5 heteroatoms. The van der Waals surface area contributed by atoms with Crippen LogP contribution in [0.1, 0.15) is 35.7 Å². The van der Waals surface area contributed by atoms with Gasteiger partial charge in [-0.15, -0.1) is 0 Å². The molecule has 0 unspecified atom stereocenters. The number of hydrogen-bond donors (Lipinski definition) is 3. The molecular weight excluding hydrogens is 234 g/mol. The highest BCUT2D eigenvalue weighted by atomic mass is 16.3. The van der Waals surface area contributed by atoms with Gasteiger partial charge < -0.3 is 15.5 Å². The van der Waals surface area contributed by atoms with E-state index in [-0.39, 0.29) is 11.5 Å². The first-order valence-corrected chi connectivity index (χ1v) is 5.82. The minimum Gasteiger partial charge on any atom is -0.504 e. The zero-order valence-corrected chi connectivity index (χ0v) is 10.5. The van der Waals surface area contributed by atoms with Crippen LogP contribution in [0.15, 0.2) is 16.9 Å². The Kier molecular flexibility index (Phi) is 4.71. The normalized spacial score (nSPS) is 10.1. The summed E-state index contributed by atoms with van der Waals surface area (Å²) in [6, 6.07) is 2.26. The molecule has 0 fully saturated rings. The molecule has 0 atom stereocenters. The summed E-state index contributed by atoms with van der Waals surface area (Å²) in [7, 11) is 0. The minimum atomic E-state index is -0.884. The van der Waals surface area contributed by atoms with Gasteiger partial charge in [0.15, 0.2) is 11.5 Å². The largest absolute Gasteiger partial charge is 0.504 e. The van der Waals surface area contributed by atoms with E-state index in [1.54, 1.807) is 6.92 Å². The van der Waals surface area contributed by atoms with E-state index in [0.717, 1.165) is 18.9 Å². The van der Waals surface area contributed by atoms with Crippen LogP contribution in [-0.4, -0.2) is 22.7 Å². The first kappa shape index (κ1) is 14.0. The Labute approximate surface area is 105 Å². The second-order valence-corrected chi connectivity index (χ2v) is 4.09. The highest BCUT2D eigenvalue weighted by Crippen LogP contribution is 2.15. The van der Waals surface area contributed by atoms with Crippen molar-refractivity contribution in [3.05, 3.63) is 33.5 Å². The number of rotatable bonds is 4. The first-order valence-electron chi connectivity index (χ1n) is 5.82. The Morgan fingerprint density at radius 1 is 1.28 bits per heavy atom. The molecule has 1 amide bonds. The van der Waals surface area contributed by atoms with Crippen LogP contribution < -0.4 is 10.7 Å². The molecule has 18 heavy (non-hydrogen) atoms. The van der Waals surface area contributed by atoms with Gasteiger partial charge in [-0.05, 0) is 31.0 Å². The molecule has 0 radical (unpaired) electrons. The number of amides is 1. The van der Waals surface area contributed by atoms with Gasteiger partial charge >= 0.3 is 0 Å². The summed E-state index contributed by atoms with van der Waals surface area (Å²) in [6.45, 7) is 4.13. The van der Waals surface area contributed by atoms with E-state index < -0.39 is 16.9 Å². The van der Waals surface area contributed by atoms with Gasteiger partial charge in [0.25, 0.3) is 11.3 Å². The number of carbonyl (C=O) groups excluding carboxylic acids is 1. The molecule has 0 aliphatic rings. The fourth-order valence-corrected chi connectivity index (χ4v) is 1.51. The third-order valence-electron chi connectivity index (χ3n) is 2.58. The summed E-state index contributed by atoms with van der Waals surface area (Å²) in [5.74, 6) is -1.58. The average molecular weight is 251 g/mol. The van der Waals surface area contributed by atoms with Crippen LogP contribution in [0.5, 0.6) is 11.5 Å². The van der Waals surface area contributed by atoms with E-state index in [4.69, 9.17) is 0 Å². The van der Waals surface area contributed by atoms with Crippen molar-refractivity contribution >= 4 is 5.91 Å². The molecule has 0 bridgehead atoms. The predicted molar refractivity (Wildman–Crippen MR) is 68.0 cm³/mol. The molecule has 3 N–H and O–H groups in total. The van der Waals surface area contributed by atoms with Gasteiger partial charge in [-0.25, -0.2) is 0 Å². The molecule has 1 aromatic rings. The van der Waals surface area contributed by atoms with E-state index >= 15 is 0 Å². The fourth-order valence-electron chi connectivity index (χ4n) is 1.51. The van der Waals surface area contributed by atoms with Crippen molar-refractivity contribution in [3.8, 4) is 11.5 Å². The van der Waals surface area contributed by atoms with Gasteiger partial charge in [-0.3, -0.25) is 9.59 Å². The molecule has 1 aromatic carbocycles. The van der Waals surface area contributed by atoms with Crippen molar-refractivity contribution in [2.45, 2.75) is 26.7 Å². The van der Waals surface area contributed by atoms with Gasteiger partial charge in [0.05, 0.1) is 0 Å². The summed E-state index contributed by atoms with van der Waals surface area (Å²) in [6.07, 6.45) is 1.81. The molecule has 0 aliphatic heterocycles. The average Bonchev–Trinajstić information content (AvgIpc) is 2.42. The predicted octanol–water partition coefficient (Wildman–Crippen LogP) is 1.30. The van der Waals surface area contributed by atoms with Gasteiger partial charge in [-0.2, -0.15) is 0 Å². The van der Waals surface area contributed by atoms with Crippen molar-refractivity contribution in [1.29, 1.82) is 0 Å². The zero-order chi connectivity index (χ0) is 13.7. The second kappa shape index (κ2) is 6.05. The molecule has 0 aromatic heterocycles. The van der Waals surface area contributed by atoms with E-state index in [0.29, 0.717) is 12.1 Å². The number of carbonyl (C=O) groups is 1. The highest BCUT2D eigenvalue weighted by molar-refractivity contribution is 5.95. The van der Waals surface area contributed by atoms with Gasteiger partial charge in [0.2, 0.25) is 0 Å². The van der Waals surface area contributed by atoms with Crippen molar-refractivity contribution in [1.82, 2.24) is 5.32 Å². The number of aromatic hydroxyl groups is 2. The van der Waals surface area contributed by atoms with Crippen molar-refractivity contribution in [2.24, 2.45) is 0 Å². The Balaban J connectivity index is 3.10. The molecule has 0 aliphatic carbocycles. The topological polar surface area (TPSA) is 86.6 Å². The number of hydrogen-bond acceptors (Lipinski definition) is 4. The summed E-state index contributed by atoms with van der Waals surface area (Å²) in [5, 5.41) is 21.5. The molecule has 5 nitrogen and oxygen atoms in total. The minimum absolute atomic E-state index is 0.181. The smallest absolute Gasteiger partial charge is 0.261 e. The van der Waals surface area contributed by atoms with Crippen molar-refractivity contribution in [2.75, 3.05) is 6.54 Å². The van der Waals surface area contributed by atoms with E-state index in [9.17, 15) is 19.8 Å². The molecule has 98 valence electrons. The maximum absolute atomic E-state index is 11.8. The van der Waals surface area contributed by atoms with Crippen LogP contribution >= 0.6 is 0 Å². The number of unbranched alkanes of at least 4 members (excludes halogenated alkanes) is 1. The van der Waals surface area contributed by atoms with Gasteiger partial charge in [0.1, 0.15) is 0 Å². The lowest BCUT2D eigenvalue weighted by Crippen LogP contribution is -2.24. The second-order valence-electron chi connectivity index (χ2n) is 4.09. The summed E-state index contributed by atoms with van der Waals surface area (Å²) >= 11 is 0. The van der Waals surface area contributed by atoms with Gasteiger partial charge in [0, 0.05) is 12.1 Å². The summed E-state index contributed by atoms with van der Waals surface area (Å²) < 4.78 is 0. The monoisotopic (exact) mass is 251 g/mol. The van der Waals surface area contributed by atoms with E-state index in [1.165, 1.54) is 6.07 Å². The van der Waals surface area contributed by atoms with Gasteiger partial charge in [-0.1, -0.05) is 13.3 Å². The van der Waals surface area contributed by atoms with Crippen molar-refractivity contribution < 1.29 is 15.0 Å². The quantitative estimate of drug-likeness (QED) is 0.704. The van der Waals surface area contributed by atoms with E-state index in [2.05, 4.69) is 5.32 Å².